The van der Waals surface area contributed by atoms with Crippen LogP contribution in [-0.2, 0) is 7.05 Å². The van der Waals surface area contributed by atoms with Crippen molar-refractivity contribution in [2.24, 2.45) is 13.0 Å². The van der Waals surface area contributed by atoms with Gasteiger partial charge in [0.25, 0.3) is 0 Å². The number of hydrogen-bond acceptors (Lipinski definition) is 2. The fourth-order valence-electron chi connectivity index (χ4n) is 2.12. The van der Waals surface area contributed by atoms with E-state index in [9.17, 15) is 0 Å². The third kappa shape index (κ3) is 2.59. The van der Waals surface area contributed by atoms with Crippen LogP contribution in [-0.4, -0.2) is 16.3 Å². The Morgan fingerprint density at radius 1 is 1.60 bits per heavy atom. The van der Waals surface area contributed by atoms with Gasteiger partial charge in [-0.05, 0) is 31.7 Å². The van der Waals surface area contributed by atoms with Crippen LogP contribution in [0.25, 0.3) is 0 Å². The summed E-state index contributed by atoms with van der Waals surface area (Å²) in [5, 5.41) is 7.87. The molecule has 1 N–H and O–H groups in total. The average Bonchev–Trinajstić information content (AvgIpc) is 2.56. The molecule has 0 bridgehead atoms. The molecule has 1 aliphatic rings. The summed E-state index contributed by atoms with van der Waals surface area (Å²) in [6.07, 6.45) is 9.48. The molecule has 1 fully saturated rings. The average molecular weight is 207 g/mol. The number of nitrogens with zero attached hydrogens (tertiary/aromatic N) is 2. The van der Waals surface area contributed by atoms with E-state index < -0.39 is 0 Å². The summed E-state index contributed by atoms with van der Waals surface area (Å²) < 4.78 is 1.88. The predicted molar refractivity (Wildman–Crippen MR) is 61.6 cm³/mol. The van der Waals surface area contributed by atoms with Crippen molar-refractivity contribution in [3.8, 4) is 0 Å². The number of aromatic nitrogens is 2. The molecule has 0 spiro atoms. The minimum absolute atomic E-state index is 0.485. The zero-order chi connectivity index (χ0) is 10.7. The van der Waals surface area contributed by atoms with E-state index in [4.69, 9.17) is 0 Å². The van der Waals surface area contributed by atoms with Crippen LogP contribution < -0.4 is 5.32 Å². The van der Waals surface area contributed by atoms with Crippen LogP contribution in [0.15, 0.2) is 12.4 Å². The van der Waals surface area contributed by atoms with E-state index in [1.807, 2.05) is 17.9 Å². The van der Waals surface area contributed by atoms with Crippen molar-refractivity contribution in [3.05, 3.63) is 18.0 Å². The summed E-state index contributed by atoms with van der Waals surface area (Å²) in [6.45, 7) is 3.40. The van der Waals surface area contributed by atoms with Crippen LogP contribution in [0.3, 0.4) is 0 Å². The smallest absolute Gasteiger partial charge is 0.0537 e. The van der Waals surface area contributed by atoms with Crippen molar-refractivity contribution in [1.82, 2.24) is 15.1 Å². The third-order valence-corrected chi connectivity index (χ3v) is 3.41. The van der Waals surface area contributed by atoms with Gasteiger partial charge in [-0.1, -0.05) is 13.3 Å². The molecule has 0 aromatic carbocycles. The summed E-state index contributed by atoms with van der Waals surface area (Å²) >= 11 is 0. The first-order valence-corrected chi connectivity index (χ1v) is 6.01. The van der Waals surface area contributed by atoms with E-state index in [2.05, 4.69) is 23.5 Å². The first-order valence-electron chi connectivity index (χ1n) is 6.01. The molecule has 1 aromatic heterocycles. The molecule has 2 rings (SSSR count). The Kier molecular flexibility index (Phi) is 3.41. The fraction of sp³-hybridized carbons (Fsp3) is 0.750. The highest BCUT2D eigenvalue weighted by Gasteiger charge is 2.19. The molecule has 0 aliphatic heterocycles. The van der Waals surface area contributed by atoms with Gasteiger partial charge in [-0.25, -0.2) is 0 Å². The number of hydrogen-bond donors (Lipinski definition) is 1. The van der Waals surface area contributed by atoms with Crippen LogP contribution >= 0.6 is 0 Å². The van der Waals surface area contributed by atoms with Crippen LogP contribution in [0.2, 0.25) is 0 Å². The van der Waals surface area contributed by atoms with E-state index in [0.717, 1.165) is 12.3 Å². The maximum atomic E-state index is 4.22. The van der Waals surface area contributed by atoms with Crippen molar-refractivity contribution >= 4 is 0 Å². The molecule has 0 amide bonds. The topological polar surface area (TPSA) is 29.9 Å². The standard InChI is InChI=1S/C12H21N3/c1-3-12(11-8-14-15(2)9-11)13-7-10-5-4-6-10/h8-10,12-13H,3-7H2,1-2H3. The second-order valence-corrected chi connectivity index (χ2v) is 4.61. The molecular formula is C12H21N3. The maximum absolute atomic E-state index is 4.22. The fourth-order valence-corrected chi connectivity index (χ4v) is 2.12. The van der Waals surface area contributed by atoms with Gasteiger partial charge in [-0.2, -0.15) is 5.10 Å². The van der Waals surface area contributed by atoms with Crippen LogP contribution in [0.4, 0.5) is 0 Å². The first-order chi connectivity index (χ1) is 7.29. The molecule has 1 aliphatic carbocycles. The van der Waals surface area contributed by atoms with Crippen LogP contribution in [0, 0.1) is 5.92 Å². The van der Waals surface area contributed by atoms with Crippen LogP contribution in [0.1, 0.15) is 44.2 Å². The van der Waals surface area contributed by atoms with Gasteiger partial charge in [0, 0.05) is 24.8 Å². The normalized spacial score (nSPS) is 18.8. The van der Waals surface area contributed by atoms with E-state index in [0.29, 0.717) is 6.04 Å². The van der Waals surface area contributed by atoms with E-state index >= 15 is 0 Å². The van der Waals surface area contributed by atoms with Gasteiger partial charge in [0.1, 0.15) is 0 Å². The summed E-state index contributed by atoms with van der Waals surface area (Å²) in [5.74, 6) is 0.927. The highest BCUT2D eigenvalue weighted by atomic mass is 15.2. The van der Waals surface area contributed by atoms with Crippen molar-refractivity contribution < 1.29 is 0 Å². The van der Waals surface area contributed by atoms with Gasteiger partial charge < -0.3 is 5.32 Å². The Morgan fingerprint density at radius 2 is 2.40 bits per heavy atom. The molecule has 84 valence electrons. The van der Waals surface area contributed by atoms with Gasteiger partial charge in [0.15, 0.2) is 0 Å². The molecule has 3 nitrogen and oxygen atoms in total. The molecule has 0 saturated heterocycles. The largest absolute Gasteiger partial charge is 0.310 e. The summed E-state index contributed by atoms with van der Waals surface area (Å²) in [4.78, 5) is 0. The lowest BCUT2D eigenvalue weighted by Crippen LogP contribution is -2.30. The lowest BCUT2D eigenvalue weighted by Gasteiger charge is -2.27. The Bertz CT molecular complexity index is 302. The number of rotatable bonds is 5. The molecule has 1 atom stereocenters. The molecule has 1 heterocycles. The van der Waals surface area contributed by atoms with Crippen molar-refractivity contribution in [2.45, 2.75) is 38.6 Å². The zero-order valence-corrected chi connectivity index (χ0v) is 9.74. The molecule has 1 unspecified atom stereocenters. The third-order valence-electron chi connectivity index (χ3n) is 3.41. The highest BCUT2D eigenvalue weighted by Crippen LogP contribution is 2.26. The van der Waals surface area contributed by atoms with Crippen molar-refractivity contribution in [1.29, 1.82) is 0 Å². The maximum Gasteiger partial charge on any atom is 0.0537 e. The Balaban J connectivity index is 1.85. The lowest BCUT2D eigenvalue weighted by atomic mass is 9.85. The summed E-state index contributed by atoms with van der Waals surface area (Å²) in [5.41, 5.74) is 1.32. The van der Waals surface area contributed by atoms with Gasteiger partial charge in [-0.3, -0.25) is 4.68 Å². The monoisotopic (exact) mass is 207 g/mol. The first kappa shape index (κ1) is 10.7. The van der Waals surface area contributed by atoms with Crippen molar-refractivity contribution in [2.75, 3.05) is 6.54 Å². The lowest BCUT2D eigenvalue weighted by molar-refractivity contribution is 0.288. The minimum Gasteiger partial charge on any atom is -0.310 e. The zero-order valence-electron chi connectivity index (χ0n) is 9.74. The second kappa shape index (κ2) is 4.79. The van der Waals surface area contributed by atoms with Gasteiger partial charge in [0.05, 0.1) is 6.20 Å². The van der Waals surface area contributed by atoms with E-state index in [1.54, 1.807) is 0 Å². The summed E-state index contributed by atoms with van der Waals surface area (Å²) in [6, 6.07) is 0.485. The molecule has 15 heavy (non-hydrogen) atoms. The van der Waals surface area contributed by atoms with Gasteiger partial charge in [-0.15, -0.1) is 0 Å². The molecular weight excluding hydrogens is 186 g/mol. The SMILES string of the molecule is CCC(NCC1CCC1)c1cnn(C)c1. The van der Waals surface area contributed by atoms with E-state index in [-0.39, 0.29) is 0 Å². The molecule has 3 heteroatoms. The Labute approximate surface area is 91.9 Å². The molecule has 0 radical (unpaired) electrons. The highest BCUT2D eigenvalue weighted by molar-refractivity contribution is 5.09. The Hall–Kier alpha value is -0.830. The quantitative estimate of drug-likeness (QED) is 0.802. The minimum atomic E-state index is 0.485. The van der Waals surface area contributed by atoms with Crippen molar-refractivity contribution in [3.63, 3.8) is 0 Å². The van der Waals surface area contributed by atoms with Gasteiger partial charge in [0.2, 0.25) is 0 Å². The van der Waals surface area contributed by atoms with Gasteiger partial charge >= 0.3 is 0 Å². The summed E-state index contributed by atoms with van der Waals surface area (Å²) in [7, 11) is 1.97. The van der Waals surface area contributed by atoms with Crippen LogP contribution in [0.5, 0.6) is 0 Å². The van der Waals surface area contributed by atoms with E-state index in [1.165, 1.54) is 31.4 Å². The number of aryl methyl sites for hydroxylation is 1. The molecule has 1 saturated carbocycles. The number of nitrogens with one attached hydrogen (secondary N) is 1. The second-order valence-electron chi connectivity index (χ2n) is 4.61. The Morgan fingerprint density at radius 3 is 2.87 bits per heavy atom. The molecule has 1 aromatic rings. The predicted octanol–water partition coefficient (Wildman–Crippen LogP) is 2.26.